The highest BCUT2D eigenvalue weighted by atomic mass is 79.9. The third-order valence-electron chi connectivity index (χ3n) is 2.85. The lowest BCUT2D eigenvalue weighted by Gasteiger charge is -2.10. The molecule has 4 heteroatoms. The number of aromatic nitrogens is 1. The number of hydrogen-bond acceptors (Lipinski definition) is 3. The van der Waals surface area contributed by atoms with Gasteiger partial charge in [-0.2, -0.15) is 0 Å². The largest absolute Gasteiger partial charge is 0.491 e. The van der Waals surface area contributed by atoms with E-state index in [4.69, 9.17) is 4.74 Å². The fourth-order valence-corrected chi connectivity index (χ4v) is 3.44. The van der Waals surface area contributed by atoms with E-state index in [-0.39, 0.29) is 0 Å². The first-order valence-electron chi connectivity index (χ1n) is 5.80. The van der Waals surface area contributed by atoms with Crippen LogP contribution >= 0.6 is 27.7 Å². The van der Waals surface area contributed by atoms with Crippen LogP contribution in [-0.4, -0.2) is 16.8 Å². The molecular weight excluding hydrogens is 310 g/mol. The first-order chi connectivity index (χ1) is 8.81. The van der Waals surface area contributed by atoms with Crippen molar-refractivity contribution in [1.29, 1.82) is 0 Å². The van der Waals surface area contributed by atoms with Crippen molar-refractivity contribution in [3.63, 3.8) is 0 Å². The van der Waals surface area contributed by atoms with Gasteiger partial charge < -0.3 is 4.74 Å². The lowest BCUT2D eigenvalue weighted by atomic mass is 10.1. The lowest BCUT2D eigenvalue weighted by molar-refractivity contribution is 0.316. The van der Waals surface area contributed by atoms with Crippen molar-refractivity contribution in [3.8, 4) is 5.75 Å². The minimum absolute atomic E-state index is 0.506. The van der Waals surface area contributed by atoms with Crippen molar-refractivity contribution >= 4 is 27.7 Å². The summed E-state index contributed by atoms with van der Waals surface area (Å²) in [6.45, 7) is 0.725. The topological polar surface area (TPSA) is 22.1 Å². The van der Waals surface area contributed by atoms with E-state index in [0.717, 1.165) is 23.4 Å². The molecule has 3 rings (SSSR count). The van der Waals surface area contributed by atoms with E-state index in [1.165, 1.54) is 10.5 Å². The van der Waals surface area contributed by atoms with Crippen molar-refractivity contribution in [2.75, 3.05) is 6.61 Å². The third-order valence-corrected chi connectivity index (χ3v) is 4.61. The van der Waals surface area contributed by atoms with Crippen LogP contribution in [0.25, 0.3) is 0 Å². The van der Waals surface area contributed by atoms with Gasteiger partial charge in [0.05, 0.1) is 6.20 Å². The quantitative estimate of drug-likeness (QED) is 0.799. The number of nitrogens with zero attached hydrogens (tertiary/aromatic N) is 1. The van der Waals surface area contributed by atoms with Crippen LogP contribution in [0.4, 0.5) is 0 Å². The molecule has 0 N–H and O–H groups in total. The van der Waals surface area contributed by atoms with Crippen molar-refractivity contribution in [2.24, 2.45) is 0 Å². The van der Waals surface area contributed by atoms with Crippen LogP contribution in [0, 0.1) is 0 Å². The molecule has 1 aliphatic heterocycles. The first-order valence-corrected chi connectivity index (χ1v) is 7.47. The molecule has 2 heterocycles. The van der Waals surface area contributed by atoms with Gasteiger partial charge in [-0.1, -0.05) is 18.2 Å². The van der Waals surface area contributed by atoms with Gasteiger partial charge in [0.25, 0.3) is 0 Å². The number of hydrogen-bond donors (Lipinski definition) is 0. The van der Waals surface area contributed by atoms with Crippen molar-refractivity contribution in [2.45, 2.75) is 16.6 Å². The fraction of sp³-hybridized carbons (Fsp3) is 0.214. The molecule has 0 spiro atoms. The molecule has 0 radical (unpaired) electrons. The van der Waals surface area contributed by atoms with E-state index in [1.54, 1.807) is 6.20 Å². The van der Waals surface area contributed by atoms with Gasteiger partial charge in [-0.25, -0.2) is 4.98 Å². The maximum Gasteiger partial charge on any atom is 0.137 e. The molecule has 2 aromatic rings. The standard InChI is InChI=1S/C14H12BrNOS/c15-14-6-5-11(8-16-14)17-9-12-7-10-3-1-2-4-13(10)18-12/h1-6,8,12H,7,9H2. The minimum Gasteiger partial charge on any atom is -0.491 e. The molecule has 1 aliphatic rings. The highest BCUT2D eigenvalue weighted by Crippen LogP contribution is 2.36. The summed E-state index contributed by atoms with van der Waals surface area (Å²) in [5, 5.41) is 0.506. The molecule has 0 fully saturated rings. The molecule has 1 unspecified atom stereocenters. The maximum atomic E-state index is 5.77. The van der Waals surface area contributed by atoms with E-state index in [9.17, 15) is 0 Å². The summed E-state index contributed by atoms with van der Waals surface area (Å²) in [7, 11) is 0. The number of fused-ring (bicyclic) bond motifs is 1. The Balaban J connectivity index is 1.58. The first kappa shape index (κ1) is 12.1. The number of rotatable bonds is 3. The lowest BCUT2D eigenvalue weighted by Crippen LogP contribution is -2.13. The average molecular weight is 322 g/mol. The van der Waals surface area contributed by atoms with E-state index in [1.807, 2.05) is 23.9 Å². The molecule has 92 valence electrons. The van der Waals surface area contributed by atoms with Crippen LogP contribution in [-0.2, 0) is 6.42 Å². The van der Waals surface area contributed by atoms with Crippen molar-refractivity contribution < 1.29 is 4.74 Å². The number of pyridine rings is 1. The second kappa shape index (κ2) is 5.33. The number of ether oxygens (including phenoxy) is 1. The Hall–Kier alpha value is -1.00. The molecule has 0 bridgehead atoms. The monoisotopic (exact) mass is 321 g/mol. The van der Waals surface area contributed by atoms with Gasteiger partial charge in [0.1, 0.15) is 17.0 Å². The highest BCUT2D eigenvalue weighted by Gasteiger charge is 2.22. The summed E-state index contributed by atoms with van der Waals surface area (Å²) in [6, 6.07) is 12.4. The van der Waals surface area contributed by atoms with E-state index >= 15 is 0 Å². The van der Waals surface area contributed by atoms with Gasteiger partial charge in [-0.05, 0) is 46.1 Å². The summed E-state index contributed by atoms with van der Waals surface area (Å²) >= 11 is 5.22. The van der Waals surface area contributed by atoms with Crippen LogP contribution < -0.4 is 4.74 Å². The van der Waals surface area contributed by atoms with Crippen molar-refractivity contribution in [1.82, 2.24) is 4.98 Å². The Morgan fingerprint density at radius 2 is 2.17 bits per heavy atom. The Labute approximate surface area is 119 Å². The summed E-state index contributed by atoms with van der Waals surface area (Å²) in [5.74, 6) is 0.828. The number of thioether (sulfide) groups is 1. The van der Waals surface area contributed by atoms with Crippen LogP contribution in [0.15, 0.2) is 52.1 Å². The van der Waals surface area contributed by atoms with Gasteiger partial charge in [0.15, 0.2) is 0 Å². The Morgan fingerprint density at radius 1 is 1.28 bits per heavy atom. The summed E-state index contributed by atoms with van der Waals surface area (Å²) < 4.78 is 6.60. The second-order valence-corrected chi connectivity index (χ2v) is 6.33. The van der Waals surface area contributed by atoms with E-state index in [0.29, 0.717) is 5.25 Å². The van der Waals surface area contributed by atoms with Gasteiger partial charge in [-0.15, -0.1) is 11.8 Å². The Bertz CT molecular complexity index is 519. The predicted molar refractivity (Wildman–Crippen MR) is 77.2 cm³/mol. The summed E-state index contributed by atoms with van der Waals surface area (Å²) in [5.41, 5.74) is 1.44. The van der Waals surface area contributed by atoms with Gasteiger partial charge in [-0.3, -0.25) is 0 Å². The van der Waals surface area contributed by atoms with E-state index in [2.05, 4.69) is 45.2 Å². The van der Waals surface area contributed by atoms with Crippen LogP contribution in [0.5, 0.6) is 5.75 Å². The highest BCUT2D eigenvalue weighted by molar-refractivity contribution is 9.10. The molecule has 18 heavy (non-hydrogen) atoms. The zero-order chi connectivity index (χ0) is 12.4. The normalized spacial score (nSPS) is 17.5. The van der Waals surface area contributed by atoms with E-state index < -0.39 is 0 Å². The summed E-state index contributed by atoms with van der Waals surface area (Å²) in [4.78, 5) is 5.54. The zero-order valence-electron chi connectivity index (χ0n) is 9.67. The average Bonchev–Trinajstić information content (AvgIpc) is 2.81. The van der Waals surface area contributed by atoms with Crippen LogP contribution in [0.2, 0.25) is 0 Å². The smallest absolute Gasteiger partial charge is 0.137 e. The predicted octanol–water partition coefficient (Wildman–Crippen LogP) is 3.94. The third kappa shape index (κ3) is 2.70. The molecule has 0 amide bonds. The SMILES string of the molecule is Brc1ccc(OCC2Cc3ccccc3S2)cn1. The minimum atomic E-state index is 0.506. The Morgan fingerprint density at radius 3 is 2.94 bits per heavy atom. The molecule has 1 aromatic heterocycles. The second-order valence-electron chi connectivity index (χ2n) is 4.18. The fourth-order valence-electron chi connectivity index (χ4n) is 1.98. The molecular formula is C14H12BrNOS. The molecule has 0 saturated carbocycles. The van der Waals surface area contributed by atoms with Crippen LogP contribution in [0.3, 0.4) is 0 Å². The number of benzene rings is 1. The van der Waals surface area contributed by atoms with Gasteiger partial charge >= 0.3 is 0 Å². The van der Waals surface area contributed by atoms with Crippen molar-refractivity contribution in [3.05, 3.63) is 52.8 Å². The number of halogens is 1. The zero-order valence-corrected chi connectivity index (χ0v) is 12.1. The molecule has 2 nitrogen and oxygen atoms in total. The van der Waals surface area contributed by atoms with Gasteiger partial charge in [0, 0.05) is 10.1 Å². The Kier molecular flexibility index (Phi) is 3.57. The molecule has 1 atom stereocenters. The maximum absolute atomic E-state index is 5.77. The van der Waals surface area contributed by atoms with Crippen LogP contribution in [0.1, 0.15) is 5.56 Å². The molecule has 0 aliphatic carbocycles. The summed E-state index contributed by atoms with van der Waals surface area (Å²) in [6.07, 6.45) is 2.83. The molecule has 0 saturated heterocycles. The van der Waals surface area contributed by atoms with Gasteiger partial charge in [0.2, 0.25) is 0 Å². The molecule has 1 aromatic carbocycles.